The molecule has 2 unspecified atom stereocenters. The Hall–Kier alpha value is -1.59. The van der Waals surface area contributed by atoms with E-state index < -0.39 is 0 Å². The van der Waals surface area contributed by atoms with E-state index in [-0.39, 0.29) is 18.1 Å². The van der Waals surface area contributed by atoms with Crippen LogP contribution in [-0.4, -0.2) is 50.3 Å². The second-order valence-electron chi connectivity index (χ2n) is 5.35. The van der Waals surface area contributed by atoms with Crippen LogP contribution in [0.15, 0.2) is 24.3 Å². The average molecular weight is 292 g/mol. The monoisotopic (exact) mass is 292 g/mol. The number of likely N-dealkylation sites (tertiary alicyclic amines) is 1. The van der Waals surface area contributed by atoms with Crippen LogP contribution < -0.4 is 10.5 Å². The Labute approximate surface area is 126 Å². The zero-order valence-corrected chi connectivity index (χ0v) is 12.7. The molecule has 1 aliphatic rings. The van der Waals surface area contributed by atoms with Gasteiger partial charge in [-0.25, -0.2) is 0 Å². The molecule has 1 aromatic carbocycles. The molecule has 0 aromatic heterocycles. The number of piperidine rings is 1. The van der Waals surface area contributed by atoms with E-state index in [9.17, 15) is 4.79 Å². The lowest BCUT2D eigenvalue weighted by molar-refractivity contribution is -0.136. The van der Waals surface area contributed by atoms with Crippen LogP contribution in [0.25, 0.3) is 0 Å². The predicted molar refractivity (Wildman–Crippen MR) is 81.3 cm³/mol. The number of hydrogen-bond donors (Lipinski definition) is 1. The fraction of sp³-hybridized carbons (Fsp3) is 0.562. The largest absolute Gasteiger partial charge is 0.496 e. The molecule has 1 fully saturated rings. The topological polar surface area (TPSA) is 64.8 Å². The highest BCUT2D eigenvalue weighted by Gasteiger charge is 2.30. The van der Waals surface area contributed by atoms with Crippen molar-refractivity contribution in [3.63, 3.8) is 0 Å². The quantitative estimate of drug-likeness (QED) is 0.886. The first kappa shape index (κ1) is 15.8. The number of nitrogens with zero attached hydrogens (tertiary/aromatic N) is 1. The lowest BCUT2D eigenvalue weighted by Crippen LogP contribution is -2.51. The smallest absolute Gasteiger partial charge is 0.227 e. The molecule has 1 aliphatic heterocycles. The molecule has 0 radical (unpaired) electrons. The minimum atomic E-state index is 0.0610. The third kappa shape index (κ3) is 3.74. The zero-order chi connectivity index (χ0) is 15.2. The van der Waals surface area contributed by atoms with Crippen molar-refractivity contribution >= 4 is 5.91 Å². The summed E-state index contributed by atoms with van der Waals surface area (Å²) in [6.07, 6.45) is 2.22. The Kier molecular flexibility index (Phi) is 5.59. The van der Waals surface area contributed by atoms with Gasteiger partial charge in [0.2, 0.25) is 5.91 Å². The number of ether oxygens (including phenoxy) is 2. The number of benzene rings is 1. The first-order valence-corrected chi connectivity index (χ1v) is 7.33. The third-order valence-corrected chi connectivity index (χ3v) is 4.13. The van der Waals surface area contributed by atoms with Gasteiger partial charge < -0.3 is 20.1 Å². The summed E-state index contributed by atoms with van der Waals surface area (Å²) in [7, 11) is 3.33. The Morgan fingerprint density at radius 1 is 1.38 bits per heavy atom. The average Bonchev–Trinajstić information content (AvgIpc) is 2.54. The fourth-order valence-corrected chi connectivity index (χ4v) is 2.89. The highest BCUT2D eigenvalue weighted by molar-refractivity contribution is 5.80. The number of methoxy groups -OCH3 is 2. The summed E-state index contributed by atoms with van der Waals surface area (Å²) >= 11 is 0. The van der Waals surface area contributed by atoms with Gasteiger partial charge in [0.15, 0.2) is 0 Å². The molecule has 2 rings (SSSR count). The van der Waals surface area contributed by atoms with Gasteiger partial charge in [-0.1, -0.05) is 18.2 Å². The van der Waals surface area contributed by atoms with E-state index >= 15 is 0 Å². The van der Waals surface area contributed by atoms with Crippen molar-refractivity contribution in [3.8, 4) is 5.75 Å². The molecule has 2 N–H and O–H groups in total. The van der Waals surface area contributed by atoms with E-state index in [2.05, 4.69) is 0 Å². The molecule has 0 saturated carbocycles. The van der Waals surface area contributed by atoms with E-state index in [1.165, 1.54) is 0 Å². The van der Waals surface area contributed by atoms with Crippen LogP contribution in [0.1, 0.15) is 18.4 Å². The molecule has 1 aromatic rings. The van der Waals surface area contributed by atoms with Crippen molar-refractivity contribution in [2.75, 3.05) is 27.3 Å². The number of para-hydroxylation sites is 1. The van der Waals surface area contributed by atoms with Crippen LogP contribution in [0, 0.1) is 0 Å². The number of amides is 1. The van der Waals surface area contributed by atoms with E-state index in [1.807, 2.05) is 29.2 Å². The molecule has 1 amide bonds. The molecule has 21 heavy (non-hydrogen) atoms. The molecule has 5 heteroatoms. The lowest BCUT2D eigenvalue weighted by atomic mass is 9.98. The molecule has 5 nitrogen and oxygen atoms in total. The summed E-state index contributed by atoms with van der Waals surface area (Å²) in [6.45, 7) is 1.17. The Morgan fingerprint density at radius 3 is 2.81 bits per heavy atom. The van der Waals surface area contributed by atoms with Gasteiger partial charge in [0.1, 0.15) is 5.75 Å². The molecular weight excluding hydrogens is 268 g/mol. The Bertz CT molecular complexity index is 478. The Morgan fingerprint density at radius 2 is 2.14 bits per heavy atom. The van der Waals surface area contributed by atoms with Gasteiger partial charge >= 0.3 is 0 Å². The highest BCUT2D eigenvalue weighted by atomic mass is 16.5. The SMILES string of the molecule is COc1ccccc1CC(=O)N1CCC(OC)CC1CN. The molecule has 0 spiro atoms. The van der Waals surface area contributed by atoms with Gasteiger partial charge in [0.25, 0.3) is 0 Å². The maximum absolute atomic E-state index is 12.6. The number of rotatable bonds is 5. The van der Waals surface area contributed by atoms with Gasteiger partial charge in [-0.2, -0.15) is 0 Å². The maximum atomic E-state index is 12.6. The summed E-state index contributed by atoms with van der Waals surface area (Å²) in [6, 6.07) is 7.68. The first-order chi connectivity index (χ1) is 10.2. The minimum absolute atomic E-state index is 0.0610. The molecular formula is C16H24N2O3. The minimum Gasteiger partial charge on any atom is -0.496 e. The van der Waals surface area contributed by atoms with Gasteiger partial charge in [0.05, 0.1) is 19.6 Å². The standard InChI is InChI=1S/C16H24N2O3/c1-20-14-7-8-18(13(10-14)11-17)16(19)9-12-5-3-4-6-15(12)21-2/h3-6,13-14H,7-11,17H2,1-2H3. The highest BCUT2D eigenvalue weighted by Crippen LogP contribution is 2.23. The first-order valence-electron chi connectivity index (χ1n) is 7.33. The van der Waals surface area contributed by atoms with Crippen molar-refractivity contribution in [3.05, 3.63) is 29.8 Å². The van der Waals surface area contributed by atoms with Crippen LogP contribution in [0.4, 0.5) is 0 Å². The van der Waals surface area contributed by atoms with Gasteiger partial charge in [-0.15, -0.1) is 0 Å². The van der Waals surface area contributed by atoms with E-state index in [1.54, 1.807) is 14.2 Å². The van der Waals surface area contributed by atoms with Crippen molar-refractivity contribution < 1.29 is 14.3 Å². The summed E-state index contributed by atoms with van der Waals surface area (Å²) in [4.78, 5) is 14.5. The number of hydrogen-bond acceptors (Lipinski definition) is 4. The van der Waals surface area contributed by atoms with Gasteiger partial charge in [-0.05, 0) is 18.9 Å². The number of carbonyl (C=O) groups excluding carboxylic acids is 1. The third-order valence-electron chi connectivity index (χ3n) is 4.13. The van der Waals surface area contributed by atoms with Crippen LogP contribution >= 0.6 is 0 Å². The summed E-state index contributed by atoms with van der Waals surface area (Å²) in [5, 5.41) is 0. The number of nitrogens with two attached hydrogens (primary N) is 1. The van der Waals surface area contributed by atoms with Crippen molar-refractivity contribution in [1.29, 1.82) is 0 Å². The van der Waals surface area contributed by atoms with E-state index in [4.69, 9.17) is 15.2 Å². The fourth-order valence-electron chi connectivity index (χ4n) is 2.89. The maximum Gasteiger partial charge on any atom is 0.227 e. The van der Waals surface area contributed by atoms with Crippen LogP contribution in [0.3, 0.4) is 0 Å². The molecule has 1 saturated heterocycles. The van der Waals surface area contributed by atoms with Crippen molar-refractivity contribution in [2.45, 2.75) is 31.4 Å². The summed E-state index contributed by atoms with van der Waals surface area (Å²) in [5.74, 6) is 0.853. The second-order valence-corrected chi connectivity index (χ2v) is 5.35. The Balaban J connectivity index is 2.05. The molecule has 0 bridgehead atoms. The zero-order valence-electron chi connectivity index (χ0n) is 12.7. The molecule has 0 aliphatic carbocycles. The van der Waals surface area contributed by atoms with Crippen LogP contribution in [-0.2, 0) is 16.0 Å². The lowest BCUT2D eigenvalue weighted by Gasteiger charge is -2.38. The molecule has 1 heterocycles. The van der Waals surface area contributed by atoms with E-state index in [0.29, 0.717) is 19.5 Å². The van der Waals surface area contributed by atoms with Crippen LogP contribution in [0.2, 0.25) is 0 Å². The molecule has 2 atom stereocenters. The van der Waals surface area contributed by atoms with Crippen molar-refractivity contribution in [1.82, 2.24) is 4.90 Å². The molecule has 116 valence electrons. The van der Waals surface area contributed by atoms with Crippen LogP contribution in [0.5, 0.6) is 5.75 Å². The second kappa shape index (κ2) is 7.43. The summed E-state index contributed by atoms with van der Waals surface area (Å²) in [5.41, 5.74) is 6.74. The number of carbonyl (C=O) groups is 1. The summed E-state index contributed by atoms with van der Waals surface area (Å²) < 4.78 is 10.7. The predicted octanol–water partition coefficient (Wildman–Crippen LogP) is 1.20. The van der Waals surface area contributed by atoms with E-state index in [0.717, 1.165) is 24.2 Å². The van der Waals surface area contributed by atoms with Gasteiger partial charge in [-0.3, -0.25) is 4.79 Å². The van der Waals surface area contributed by atoms with Crippen molar-refractivity contribution in [2.24, 2.45) is 5.73 Å². The van der Waals surface area contributed by atoms with Gasteiger partial charge in [0, 0.05) is 31.8 Å². The normalized spacial score (nSPS) is 22.1.